The second kappa shape index (κ2) is 5.72. The van der Waals surface area contributed by atoms with Crippen LogP contribution in [0.3, 0.4) is 0 Å². The Bertz CT molecular complexity index is 795. The van der Waals surface area contributed by atoms with Crippen LogP contribution in [0.4, 0.5) is 0 Å². The van der Waals surface area contributed by atoms with Crippen LogP contribution in [0.2, 0.25) is 10.0 Å². The maximum atomic E-state index is 6.31. The van der Waals surface area contributed by atoms with Crippen molar-refractivity contribution >= 4 is 34.2 Å². The van der Waals surface area contributed by atoms with Crippen LogP contribution in [-0.2, 0) is 0 Å². The van der Waals surface area contributed by atoms with E-state index in [2.05, 4.69) is 24.4 Å². The Labute approximate surface area is 133 Å². The summed E-state index contributed by atoms with van der Waals surface area (Å²) in [4.78, 5) is 0. The molecule has 0 saturated carbocycles. The molecule has 1 aromatic heterocycles. The SMILES string of the molecule is CNC(c1cc2cc(C)ccc2o1)c1ccc(Cl)cc1Cl. The average molecular weight is 320 g/mol. The summed E-state index contributed by atoms with van der Waals surface area (Å²) in [6.07, 6.45) is 0. The minimum Gasteiger partial charge on any atom is -0.459 e. The molecule has 0 fully saturated rings. The van der Waals surface area contributed by atoms with Gasteiger partial charge < -0.3 is 9.73 Å². The topological polar surface area (TPSA) is 25.2 Å². The van der Waals surface area contributed by atoms with Gasteiger partial charge in [0.05, 0.1) is 6.04 Å². The summed E-state index contributed by atoms with van der Waals surface area (Å²) in [5.74, 6) is 0.835. The molecule has 0 aliphatic heterocycles. The maximum Gasteiger partial charge on any atom is 0.134 e. The number of nitrogens with one attached hydrogen (secondary N) is 1. The molecule has 2 nitrogen and oxygen atoms in total. The van der Waals surface area contributed by atoms with Crippen molar-refractivity contribution in [3.05, 3.63) is 69.4 Å². The molecular formula is C17H15Cl2NO. The number of hydrogen-bond acceptors (Lipinski definition) is 2. The number of halogens is 2. The Kier molecular flexibility index (Phi) is 3.94. The average Bonchev–Trinajstić information content (AvgIpc) is 2.84. The van der Waals surface area contributed by atoms with Crippen molar-refractivity contribution in [2.45, 2.75) is 13.0 Å². The molecule has 1 heterocycles. The van der Waals surface area contributed by atoms with Crippen LogP contribution >= 0.6 is 23.2 Å². The number of hydrogen-bond donors (Lipinski definition) is 1. The second-order valence-electron chi connectivity index (χ2n) is 5.08. The van der Waals surface area contributed by atoms with E-state index in [-0.39, 0.29) is 6.04 Å². The number of aryl methyl sites for hydroxylation is 1. The molecular weight excluding hydrogens is 305 g/mol. The van der Waals surface area contributed by atoms with E-state index >= 15 is 0 Å². The van der Waals surface area contributed by atoms with E-state index in [1.807, 2.05) is 31.3 Å². The molecule has 0 saturated heterocycles. The Morgan fingerprint density at radius 3 is 2.57 bits per heavy atom. The lowest BCUT2D eigenvalue weighted by molar-refractivity contribution is 0.491. The highest BCUT2D eigenvalue weighted by molar-refractivity contribution is 6.35. The predicted molar refractivity (Wildman–Crippen MR) is 88.3 cm³/mol. The van der Waals surface area contributed by atoms with E-state index in [4.69, 9.17) is 27.6 Å². The molecule has 0 bridgehead atoms. The minimum absolute atomic E-state index is 0.109. The molecule has 21 heavy (non-hydrogen) atoms. The fourth-order valence-electron chi connectivity index (χ4n) is 2.51. The first-order chi connectivity index (χ1) is 10.1. The Balaban J connectivity index is 2.09. The summed E-state index contributed by atoms with van der Waals surface area (Å²) in [6, 6.07) is 13.6. The van der Waals surface area contributed by atoms with Crippen LogP contribution in [0.1, 0.15) is 22.9 Å². The van der Waals surface area contributed by atoms with Gasteiger partial charge in [-0.05, 0) is 49.9 Å². The van der Waals surface area contributed by atoms with Crippen molar-refractivity contribution in [1.82, 2.24) is 5.32 Å². The van der Waals surface area contributed by atoms with Crippen molar-refractivity contribution in [3.63, 3.8) is 0 Å². The zero-order valence-electron chi connectivity index (χ0n) is 11.8. The molecule has 3 aromatic rings. The Morgan fingerprint density at radius 2 is 1.86 bits per heavy atom. The van der Waals surface area contributed by atoms with Crippen molar-refractivity contribution < 1.29 is 4.42 Å². The molecule has 2 aromatic carbocycles. The van der Waals surface area contributed by atoms with Crippen LogP contribution in [0.15, 0.2) is 46.9 Å². The third-order valence-electron chi connectivity index (χ3n) is 3.54. The standard InChI is InChI=1S/C17H15Cl2NO/c1-10-3-6-15-11(7-10)8-16(21-15)17(20-2)13-5-4-12(18)9-14(13)19/h3-9,17,20H,1-2H3. The highest BCUT2D eigenvalue weighted by Crippen LogP contribution is 2.33. The first-order valence-corrected chi connectivity index (χ1v) is 7.46. The van der Waals surface area contributed by atoms with Gasteiger partial charge in [0.15, 0.2) is 0 Å². The number of fused-ring (bicyclic) bond motifs is 1. The molecule has 0 radical (unpaired) electrons. The molecule has 0 amide bonds. The third kappa shape index (κ3) is 2.80. The largest absolute Gasteiger partial charge is 0.459 e. The Hall–Kier alpha value is -1.48. The summed E-state index contributed by atoms with van der Waals surface area (Å²) in [6.45, 7) is 2.07. The molecule has 0 aliphatic carbocycles. The lowest BCUT2D eigenvalue weighted by Crippen LogP contribution is -2.17. The van der Waals surface area contributed by atoms with Crippen LogP contribution in [0, 0.1) is 6.92 Å². The first-order valence-electron chi connectivity index (χ1n) is 6.71. The summed E-state index contributed by atoms with van der Waals surface area (Å²) >= 11 is 12.3. The lowest BCUT2D eigenvalue weighted by atomic mass is 10.0. The van der Waals surface area contributed by atoms with Gasteiger partial charge in [-0.2, -0.15) is 0 Å². The Morgan fingerprint density at radius 1 is 1.05 bits per heavy atom. The fourth-order valence-corrected chi connectivity index (χ4v) is 3.03. The quantitative estimate of drug-likeness (QED) is 0.703. The number of benzene rings is 2. The van der Waals surface area contributed by atoms with Crippen molar-refractivity contribution in [1.29, 1.82) is 0 Å². The van der Waals surface area contributed by atoms with Crippen LogP contribution < -0.4 is 5.32 Å². The summed E-state index contributed by atoms with van der Waals surface area (Å²) < 4.78 is 5.96. The minimum atomic E-state index is -0.109. The second-order valence-corrected chi connectivity index (χ2v) is 5.92. The first kappa shape index (κ1) is 14.5. The molecule has 0 spiro atoms. The highest BCUT2D eigenvalue weighted by Gasteiger charge is 2.19. The maximum absolute atomic E-state index is 6.31. The lowest BCUT2D eigenvalue weighted by Gasteiger charge is -2.15. The number of rotatable bonds is 3. The molecule has 0 aliphatic rings. The van der Waals surface area contributed by atoms with Gasteiger partial charge in [-0.25, -0.2) is 0 Å². The van der Waals surface area contributed by atoms with Gasteiger partial charge in [0, 0.05) is 15.4 Å². The summed E-state index contributed by atoms with van der Waals surface area (Å²) in [5, 5.41) is 5.59. The van der Waals surface area contributed by atoms with Gasteiger partial charge in [0.2, 0.25) is 0 Å². The van der Waals surface area contributed by atoms with Gasteiger partial charge in [-0.1, -0.05) is 40.9 Å². The normalized spacial score (nSPS) is 12.8. The van der Waals surface area contributed by atoms with Crippen molar-refractivity contribution in [3.8, 4) is 0 Å². The molecule has 4 heteroatoms. The summed E-state index contributed by atoms with van der Waals surface area (Å²) in [5.41, 5.74) is 3.03. The van der Waals surface area contributed by atoms with Crippen molar-refractivity contribution in [2.75, 3.05) is 7.05 Å². The smallest absolute Gasteiger partial charge is 0.134 e. The van der Waals surface area contributed by atoms with Gasteiger partial charge in [0.1, 0.15) is 11.3 Å². The van der Waals surface area contributed by atoms with Gasteiger partial charge in [-0.3, -0.25) is 0 Å². The third-order valence-corrected chi connectivity index (χ3v) is 4.10. The van der Waals surface area contributed by atoms with E-state index < -0.39 is 0 Å². The van der Waals surface area contributed by atoms with Crippen LogP contribution in [-0.4, -0.2) is 7.05 Å². The zero-order chi connectivity index (χ0) is 15.0. The van der Waals surface area contributed by atoms with E-state index in [1.54, 1.807) is 6.07 Å². The van der Waals surface area contributed by atoms with Crippen LogP contribution in [0.25, 0.3) is 11.0 Å². The molecule has 1 unspecified atom stereocenters. The number of furan rings is 1. The van der Waals surface area contributed by atoms with E-state index in [1.165, 1.54) is 5.56 Å². The zero-order valence-corrected chi connectivity index (χ0v) is 13.3. The van der Waals surface area contributed by atoms with Crippen LogP contribution in [0.5, 0.6) is 0 Å². The van der Waals surface area contributed by atoms with Gasteiger partial charge in [0.25, 0.3) is 0 Å². The molecule has 3 rings (SSSR count). The van der Waals surface area contributed by atoms with Gasteiger partial charge in [-0.15, -0.1) is 0 Å². The molecule has 1 N–H and O–H groups in total. The fraction of sp³-hybridized carbons (Fsp3) is 0.176. The summed E-state index contributed by atoms with van der Waals surface area (Å²) in [7, 11) is 1.88. The highest BCUT2D eigenvalue weighted by atomic mass is 35.5. The molecule has 1 atom stereocenters. The van der Waals surface area contributed by atoms with E-state index in [9.17, 15) is 0 Å². The van der Waals surface area contributed by atoms with Gasteiger partial charge >= 0.3 is 0 Å². The predicted octanol–water partition coefficient (Wildman–Crippen LogP) is 5.36. The van der Waals surface area contributed by atoms with E-state index in [0.29, 0.717) is 10.0 Å². The molecule has 108 valence electrons. The monoisotopic (exact) mass is 319 g/mol. The van der Waals surface area contributed by atoms with Crippen molar-refractivity contribution in [2.24, 2.45) is 0 Å². The van der Waals surface area contributed by atoms with E-state index in [0.717, 1.165) is 22.3 Å².